The summed E-state index contributed by atoms with van der Waals surface area (Å²) < 4.78 is 5.10. The lowest BCUT2D eigenvalue weighted by Crippen LogP contribution is -2.47. The Bertz CT molecular complexity index is 163. The Morgan fingerprint density at radius 3 is 2.46 bits per heavy atom. The van der Waals surface area contributed by atoms with Crippen LogP contribution < -0.4 is 5.32 Å². The summed E-state index contributed by atoms with van der Waals surface area (Å²) in [7, 11) is 6.96. The van der Waals surface area contributed by atoms with Gasteiger partial charge in [-0.1, -0.05) is 0 Å². The molecule has 0 radical (unpaired) electrons. The fourth-order valence-corrected chi connectivity index (χ4v) is 0.829. The van der Waals surface area contributed by atoms with Crippen molar-refractivity contribution in [2.24, 2.45) is 0 Å². The molecule has 0 aromatic carbocycles. The summed E-state index contributed by atoms with van der Waals surface area (Å²) in [6.07, 6.45) is -0.0327. The number of amides is 1. The smallest absolute Gasteiger partial charge is 0.235 e. The number of hydrogen-bond donors (Lipinski definition) is 1. The Kier molecular flexibility index (Phi) is 5.61. The third kappa shape index (κ3) is 4.21. The molecule has 78 valence electrons. The van der Waals surface area contributed by atoms with E-state index >= 15 is 0 Å². The van der Waals surface area contributed by atoms with E-state index in [1.165, 1.54) is 0 Å². The number of likely N-dealkylation sites (N-methyl/N-ethyl adjacent to an activating group) is 2. The van der Waals surface area contributed by atoms with Gasteiger partial charge >= 0.3 is 0 Å². The average molecular weight is 189 g/mol. The van der Waals surface area contributed by atoms with Gasteiger partial charge in [0.05, 0.1) is 6.54 Å². The molecule has 0 spiro atoms. The third-order valence-electron chi connectivity index (χ3n) is 2.06. The standard InChI is InChI=1S/C8H19N3O2/c1-7(13-5)11(4)10(3)6-8(12)9-2/h7H,6H2,1-5H3,(H,9,12). The zero-order chi connectivity index (χ0) is 10.4. The highest BCUT2D eigenvalue weighted by Crippen LogP contribution is 1.98. The number of carbonyl (C=O) groups excluding carboxylic acids is 1. The van der Waals surface area contributed by atoms with Crippen LogP contribution in [0.25, 0.3) is 0 Å². The van der Waals surface area contributed by atoms with E-state index in [1.54, 1.807) is 19.2 Å². The van der Waals surface area contributed by atoms with Gasteiger partial charge in [-0.25, -0.2) is 10.0 Å². The fourth-order valence-electron chi connectivity index (χ4n) is 0.829. The first-order valence-electron chi connectivity index (χ1n) is 4.20. The molecule has 0 saturated heterocycles. The van der Waals surface area contributed by atoms with Gasteiger partial charge in [-0.15, -0.1) is 0 Å². The molecule has 0 bridgehead atoms. The summed E-state index contributed by atoms with van der Waals surface area (Å²) >= 11 is 0. The minimum absolute atomic E-state index is 0.0161. The maximum atomic E-state index is 11.0. The Balaban J connectivity index is 3.95. The van der Waals surface area contributed by atoms with Crippen molar-refractivity contribution in [2.75, 3.05) is 34.8 Å². The number of nitrogens with one attached hydrogen (secondary N) is 1. The van der Waals surface area contributed by atoms with Crippen LogP contribution in [0.15, 0.2) is 0 Å². The fraction of sp³-hybridized carbons (Fsp3) is 0.875. The second kappa shape index (κ2) is 5.90. The van der Waals surface area contributed by atoms with Crippen LogP contribution in [0.1, 0.15) is 6.92 Å². The lowest BCUT2D eigenvalue weighted by molar-refractivity contribution is -0.139. The Morgan fingerprint density at radius 1 is 1.54 bits per heavy atom. The van der Waals surface area contributed by atoms with Crippen LogP contribution in [0.3, 0.4) is 0 Å². The minimum atomic E-state index is -0.0327. The molecular formula is C8H19N3O2. The lowest BCUT2D eigenvalue weighted by Gasteiger charge is -2.31. The van der Waals surface area contributed by atoms with Crippen LogP contribution in [0, 0.1) is 0 Å². The summed E-state index contributed by atoms with van der Waals surface area (Å²) in [5, 5.41) is 6.21. The molecule has 1 amide bonds. The van der Waals surface area contributed by atoms with Crippen molar-refractivity contribution in [1.82, 2.24) is 15.3 Å². The van der Waals surface area contributed by atoms with Crippen molar-refractivity contribution in [3.63, 3.8) is 0 Å². The molecule has 1 atom stereocenters. The number of methoxy groups -OCH3 is 1. The van der Waals surface area contributed by atoms with E-state index < -0.39 is 0 Å². The number of hydrazine groups is 1. The molecule has 0 saturated carbocycles. The average Bonchev–Trinajstić information content (AvgIpc) is 2.14. The number of ether oxygens (including phenoxy) is 1. The molecule has 0 aromatic heterocycles. The van der Waals surface area contributed by atoms with Gasteiger partial charge in [0.15, 0.2) is 0 Å². The molecule has 0 fully saturated rings. The first kappa shape index (κ1) is 12.3. The van der Waals surface area contributed by atoms with Crippen LogP contribution in [0.2, 0.25) is 0 Å². The number of carbonyl (C=O) groups is 1. The topological polar surface area (TPSA) is 44.8 Å². The molecule has 13 heavy (non-hydrogen) atoms. The van der Waals surface area contributed by atoms with E-state index in [1.807, 2.05) is 26.0 Å². The summed E-state index contributed by atoms with van der Waals surface area (Å²) in [5.41, 5.74) is 0. The van der Waals surface area contributed by atoms with Crippen LogP contribution in [0.4, 0.5) is 0 Å². The van der Waals surface area contributed by atoms with Gasteiger partial charge in [0.1, 0.15) is 6.23 Å². The van der Waals surface area contributed by atoms with Crippen molar-refractivity contribution in [2.45, 2.75) is 13.2 Å². The van der Waals surface area contributed by atoms with Crippen LogP contribution >= 0.6 is 0 Å². The van der Waals surface area contributed by atoms with Crippen LogP contribution in [-0.2, 0) is 9.53 Å². The lowest BCUT2D eigenvalue weighted by atomic mass is 10.5. The Morgan fingerprint density at radius 2 is 2.08 bits per heavy atom. The maximum Gasteiger partial charge on any atom is 0.235 e. The molecule has 0 heterocycles. The van der Waals surface area contributed by atoms with Crippen LogP contribution in [-0.4, -0.2) is 57.0 Å². The van der Waals surface area contributed by atoms with Crippen LogP contribution in [0.5, 0.6) is 0 Å². The first-order chi connectivity index (χ1) is 6.02. The van der Waals surface area contributed by atoms with Gasteiger partial charge < -0.3 is 10.1 Å². The molecule has 5 nitrogen and oxygen atoms in total. The van der Waals surface area contributed by atoms with E-state index in [0.717, 1.165) is 0 Å². The monoisotopic (exact) mass is 189 g/mol. The van der Waals surface area contributed by atoms with Gasteiger partial charge in [0, 0.05) is 28.3 Å². The van der Waals surface area contributed by atoms with E-state index in [9.17, 15) is 4.79 Å². The number of hydrogen-bond acceptors (Lipinski definition) is 4. The second-order valence-electron chi connectivity index (χ2n) is 2.90. The highest BCUT2D eigenvalue weighted by Gasteiger charge is 2.14. The van der Waals surface area contributed by atoms with E-state index in [4.69, 9.17) is 4.74 Å². The molecule has 0 aliphatic rings. The molecule has 5 heteroatoms. The van der Waals surface area contributed by atoms with Crippen molar-refractivity contribution >= 4 is 5.91 Å². The summed E-state index contributed by atoms with van der Waals surface area (Å²) in [5.74, 6) is -0.0161. The molecular weight excluding hydrogens is 170 g/mol. The molecule has 1 N–H and O–H groups in total. The van der Waals surface area contributed by atoms with Crippen molar-refractivity contribution in [1.29, 1.82) is 0 Å². The summed E-state index contributed by atoms with van der Waals surface area (Å²) in [6, 6.07) is 0. The first-order valence-corrected chi connectivity index (χ1v) is 4.20. The number of nitrogens with zero attached hydrogens (tertiary/aromatic N) is 2. The normalized spacial score (nSPS) is 13.5. The van der Waals surface area contributed by atoms with E-state index in [-0.39, 0.29) is 12.1 Å². The Hall–Kier alpha value is -0.650. The summed E-state index contributed by atoms with van der Waals surface area (Å²) in [4.78, 5) is 11.0. The van der Waals surface area contributed by atoms with Gasteiger partial charge in [0.25, 0.3) is 0 Å². The van der Waals surface area contributed by atoms with Crippen molar-refractivity contribution in [3.05, 3.63) is 0 Å². The predicted molar refractivity (Wildman–Crippen MR) is 50.9 cm³/mol. The third-order valence-corrected chi connectivity index (χ3v) is 2.06. The molecule has 0 aliphatic carbocycles. The highest BCUT2D eigenvalue weighted by molar-refractivity contribution is 5.77. The van der Waals surface area contributed by atoms with Gasteiger partial charge in [-0.2, -0.15) is 0 Å². The van der Waals surface area contributed by atoms with E-state index in [2.05, 4.69) is 5.32 Å². The Labute approximate surface area is 79.6 Å². The summed E-state index contributed by atoms with van der Waals surface area (Å²) in [6.45, 7) is 2.25. The maximum absolute atomic E-state index is 11.0. The zero-order valence-electron chi connectivity index (χ0n) is 9.00. The predicted octanol–water partition coefficient (Wildman–Crippen LogP) is -0.497. The molecule has 1 unspecified atom stereocenters. The number of rotatable bonds is 5. The minimum Gasteiger partial charge on any atom is -0.365 e. The second-order valence-corrected chi connectivity index (χ2v) is 2.90. The zero-order valence-corrected chi connectivity index (χ0v) is 9.00. The molecule has 0 aromatic rings. The van der Waals surface area contributed by atoms with Gasteiger partial charge in [-0.3, -0.25) is 4.79 Å². The van der Waals surface area contributed by atoms with Gasteiger partial charge in [0.2, 0.25) is 5.91 Å². The highest BCUT2D eigenvalue weighted by atomic mass is 16.5. The van der Waals surface area contributed by atoms with Gasteiger partial charge in [-0.05, 0) is 6.92 Å². The molecule has 0 rings (SSSR count). The van der Waals surface area contributed by atoms with Crippen molar-refractivity contribution < 1.29 is 9.53 Å². The van der Waals surface area contributed by atoms with E-state index in [0.29, 0.717) is 6.54 Å². The SMILES string of the molecule is CNC(=O)CN(C)N(C)C(C)OC. The van der Waals surface area contributed by atoms with Crippen molar-refractivity contribution in [3.8, 4) is 0 Å². The largest absolute Gasteiger partial charge is 0.365 e. The molecule has 0 aliphatic heterocycles. The quantitative estimate of drug-likeness (QED) is 0.468.